The van der Waals surface area contributed by atoms with Gasteiger partial charge in [-0.25, -0.2) is 9.97 Å². The van der Waals surface area contributed by atoms with Gasteiger partial charge in [0.1, 0.15) is 11.5 Å². The third kappa shape index (κ3) is 6.93. The van der Waals surface area contributed by atoms with Crippen molar-refractivity contribution < 1.29 is 14.3 Å². The van der Waals surface area contributed by atoms with E-state index in [0.717, 1.165) is 106 Å². The highest BCUT2D eigenvalue weighted by Crippen LogP contribution is 2.43. The summed E-state index contributed by atoms with van der Waals surface area (Å²) in [4.78, 5) is 28.3. The maximum absolute atomic E-state index is 13.8. The highest BCUT2D eigenvalue weighted by atomic mass is 16.5. The summed E-state index contributed by atoms with van der Waals surface area (Å²) < 4.78 is 13.8. The Morgan fingerprint density at radius 2 is 1.68 bits per heavy atom. The molecule has 0 saturated carbocycles. The summed E-state index contributed by atoms with van der Waals surface area (Å²) in [5.41, 5.74) is 10.8. The van der Waals surface area contributed by atoms with Crippen LogP contribution in [-0.4, -0.2) is 78.0 Å². The number of ether oxygens (including phenoxy) is 2. The van der Waals surface area contributed by atoms with E-state index in [-0.39, 0.29) is 5.91 Å². The summed E-state index contributed by atoms with van der Waals surface area (Å²) in [7, 11) is 9.58. The average molecular weight is 715 g/mol. The standard InChI is InChI=1S/C42H50N8O3/c1-8-26-12-10-13-27(9-2)36(26)45-41(51)38-33-18-16-28-25-43-42(46-37(28)39(33)49(5)47-38)44-34-15-11-14-32(40(34)53-7)31-19-17-30(24-35(31)52-6)50-22-20-29(21-23-50)48(3)4/h10-15,17,19,24-25,29H,8-9,16,18,20-23H2,1-7H3,(H,45,51)(H,43,44,46). The second kappa shape index (κ2) is 15.3. The number of methoxy groups -OCH3 is 2. The van der Waals surface area contributed by atoms with Gasteiger partial charge in [0.25, 0.3) is 5.91 Å². The van der Waals surface area contributed by atoms with E-state index in [1.807, 2.05) is 31.4 Å². The van der Waals surface area contributed by atoms with Crippen LogP contribution in [0.2, 0.25) is 0 Å². The number of nitrogens with zero attached hydrogens (tertiary/aromatic N) is 6. The smallest absolute Gasteiger partial charge is 0.276 e. The van der Waals surface area contributed by atoms with Crippen LogP contribution in [0.4, 0.5) is 23.0 Å². The van der Waals surface area contributed by atoms with E-state index < -0.39 is 0 Å². The number of piperidine rings is 1. The van der Waals surface area contributed by atoms with Crippen LogP contribution >= 0.6 is 0 Å². The molecular weight excluding hydrogens is 665 g/mol. The summed E-state index contributed by atoms with van der Waals surface area (Å²) in [6.07, 6.45) is 7.18. The lowest BCUT2D eigenvalue weighted by Crippen LogP contribution is -2.41. The van der Waals surface area contributed by atoms with Crippen molar-refractivity contribution in [2.75, 3.05) is 56.9 Å². The largest absolute Gasteiger partial charge is 0.496 e. The van der Waals surface area contributed by atoms with Crippen LogP contribution in [0, 0.1) is 0 Å². The Balaban J connectivity index is 1.16. The van der Waals surface area contributed by atoms with E-state index in [4.69, 9.17) is 24.5 Å². The van der Waals surface area contributed by atoms with E-state index in [1.165, 1.54) is 0 Å². The maximum atomic E-state index is 13.8. The minimum atomic E-state index is -0.202. The topological polar surface area (TPSA) is 110 Å². The van der Waals surface area contributed by atoms with Crippen molar-refractivity contribution in [3.8, 4) is 34.0 Å². The lowest BCUT2D eigenvalue weighted by molar-refractivity contribution is 0.102. The highest BCUT2D eigenvalue weighted by molar-refractivity contribution is 6.06. The van der Waals surface area contributed by atoms with E-state index >= 15 is 0 Å². The first-order valence-corrected chi connectivity index (χ1v) is 18.6. The molecule has 2 aromatic heterocycles. The predicted molar refractivity (Wildman–Crippen MR) is 212 cm³/mol. The van der Waals surface area contributed by atoms with E-state index in [9.17, 15) is 4.79 Å². The molecule has 3 aromatic carbocycles. The van der Waals surface area contributed by atoms with Gasteiger partial charge in [0.05, 0.1) is 31.3 Å². The molecule has 11 nitrogen and oxygen atoms in total. The van der Waals surface area contributed by atoms with Gasteiger partial charge < -0.3 is 29.9 Å². The SMILES string of the molecule is CCc1cccc(CC)c1NC(=O)c1nn(C)c2c1CCc1cnc(Nc3cccc(-c4ccc(N5CCC(N(C)C)CC5)cc4OC)c3OC)nc1-2. The molecule has 3 heterocycles. The zero-order chi connectivity index (χ0) is 37.2. The molecule has 5 aromatic rings. The van der Waals surface area contributed by atoms with Crippen LogP contribution in [0.15, 0.2) is 60.8 Å². The molecule has 1 saturated heterocycles. The number of hydrogen-bond donors (Lipinski definition) is 2. The minimum absolute atomic E-state index is 0.202. The molecule has 11 heteroatoms. The fourth-order valence-corrected chi connectivity index (χ4v) is 7.90. The van der Waals surface area contributed by atoms with Gasteiger partial charge in [-0.15, -0.1) is 0 Å². The summed E-state index contributed by atoms with van der Waals surface area (Å²) in [6.45, 7) is 6.23. The number of anilines is 4. The molecule has 1 aliphatic heterocycles. The van der Waals surface area contributed by atoms with Crippen molar-refractivity contribution in [2.45, 2.75) is 58.4 Å². The molecule has 0 bridgehead atoms. The van der Waals surface area contributed by atoms with Crippen molar-refractivity contribution in [3.63, 3.8) is 0 Å². The average Bonchev–Trinajstić information content (AvgIpc) is 3.54. The van der Waals surface area contributed by atoms with Crippen LogP contribution in [0.1, 0.15) is 59.4 Å². The Labute approximate surface area is 312 Å². The molecule has 7 rings (SSSR count). The zero-order valence-electron chi connectivity index (χ0n) is 31.9. The number of fused-ring (bicyclic) bond motifs is 3. The number of rotatable bonds is 11. The van der Waals surface area contributed by atoms with Crippen molar-refractivity contribution in [3.05, 3.63) is 88.7 Å². The quantitative estimate of drug-likeness (QED) is 0.146. The maximum Gasteiger partial charge on any atom is 0.276 e. The Kier molecular flexibility index (Phi) is 10.4. The first-order valence-electron chi connectivity index (χ1n) is 18.6. The lowest BCUT2D eigenvalue weighted by Gasteiger charge is -2.36. The molecule has 2 aliphatic rings. The minimum Gasteiger partial charge on any atom is -0.496 e. The number of benzene rings is 3. The number of carbonyl (C=O) groups excluding carboxylic acids is 1. The number of amides is 1. The van der Waals surface area contributed by atoms with Gasteiger partial charge in [0.2, 0.25) is 5.95 Å². The molecule has 0 unspecified atom stereocenters. The molecule has 276 valence electrons. The number of hydrogen-bond acceptors (Lipinski definition) is 9. The van der Waals surface area contributed by atoms with Gasteiger partial charge in [-0.2, -0.15) is 5.10 Å². The van der Waals surface area contributed by atoms with Gasteiger partial charge in [-0.3, -0.25) is 9.48 Å². The van der Waals surface area contributed by atoms with Crippen molar-refractivity contribution >= 4 is 28.9 Å². The van der Waals surface area contributed by atoms with E-state index in [1.54, 1.807) is 18.9 Å². The van der Waals surface area contributed by atoms with Gasteiger partial charge in [0.15, 0.2) is 5.69 Å². The van der Waals surface area contributed by atoms with E-state index in [0.29, 0.717) is 36.3 Å². The summed E-state index contributed by atoms with van der Waals surface area (Å²) in [6, 6.07) is 19.2. The van der Waals surface area contributed by atoms with Crippen molar-refractivity contribution in [1.82, 2.24) is 24.6 Å². The number of aryl methyl sites for hydroxylation is 4. The molecule has 53 heavy (non-hydrogen) atoms. The predicted octanol–water partition coefficient (Wildman–Crippen LogP) is 7.31. The normalized spacial score (nSPS) is 14.2. The van der Waals surface area contributed by atoms with Crippen LogP contribution in [-0.2, 0) is 32.7 Å². The highest BCUT2D eigenvalue weighted by Gasteiger charge is 2.30. The van der Waals surface area contributed by atoms with Gasteiger partial charge >= 0.3 is 0 Å². The third-order valence-electron chi connectivity index (χ3n) is 10.8. The van der Waals surface area contributed by atoms with Gasteiger partial charge in [-0.1, -0.05) is 44.2 Å². The third-order valence-corrected chi connectivity index (χ3v) is 10.8. The molecule has 1 aliphatic carbocycles. The molecule has 0 atom stereocenters. The number of nitrogens with one attached hydrogen (secondary N) is 2. The number of aromatic nitrogens is 4. The second-order valence-corrected chi connectivity index (χ2v) is 14.1. The Hall–Kier alpha value is -5.42. The number of carbonyl (C=O) groups is 1. The molecular formula is C42H50N8O3. The van der Waals surface area contributed by atoms with Crippen LogP contribution in [0.5, 0.6) is 11.5 Å². The Morgan fingerprint density at radius 3 is 2.36 bits per heavy atom. The van der Waals surface area contributed by atoms with E-state index in [2.05, 4.69) is 84.8 Å². The first-order chi connectivity index (χ1) is 25.7. The summed E-state index contributed by atoms with van der Waals surface area (Å²) >= 11 is 0. The van der Waals surface area contributed by atoms with Crippen molar-refractivity contribution in [1.29, 1.82) is 0 Å². The van der Waals surface area contributed by atoms with Gasteiger partial charge in [-0.05, 0) is 87.5 Å². The fourth-order valence-electron chi connectivity index (χ4n) is 7.90. The molecule has 1 amide bonds. The Bertz CT molecular complexity index is 2110. The first kappa shape index (κ1) is 36.0. The molecule has 1 fully saturated rings. The summed E-state index contributed by atoms with van der Waals surface area (Å²) in [5, 5.41) is 11.4. The van der Waals surface area contributed by atoms with Crippen LogP contribution < -0.4 is 25.0 Å². The number of para-hydroxylation sites is 2. The summed E-state index contributed by atoms with van der Waals surface area (Å²) in [5.74, 6) is 1.66. The zero-order valence-corrected chi connectivity index (χ0v) is 31.9. The molecule has 0 radical (unpaired) electrons. The molecule has 2 N–H and O–H groups in total. The van der Waals surface area contributed by atoms with Crippen molar-refractivity contribution in [2.24, 2.45) is 7.05 Å². The monoisotopic (exact) mass is 714 g/mol. The molecule has 0 spiro atoms. The fraction of sp³-hybridized carbons (Fsp3) is 0.381. The lowest BCUT2D eigenvalue weighted by atomic mass is 9.93. The Morgan fingerprint density at radius 1 is 0.943 bits per heavy atom. The van der Waals surface area contributed by atoms with Crippen LogP contribution in [0.25, 0.3) is 22.5 Å². The van der Waals surface area contributed by atoms with Gasteiger partial charge in [0, 0.05) is 66.5 Å². The second-order valence-electron chi connectivity index (χ2n) is 14.1. The van der Waals surface area contributed by atoms with Crippen LogP contribution in [0.3, 0.4) is 0 Å².